The molecule has 2 saturated heterocycles. The standard InChI is InChI=1S/C30H29F3N8O3/c31-30(32,33)27-24(16-37-38-28(27)42)41-17-20-3-1-2-4-22(20)25(41)18-44-21-7-8-35-23(13-21)29(43)40-11-9-39(10-12-40)26-6-5-19(14-34)15-36-26/h1-8,13,15,24-25,27,37H,9-12,16-18H2,(H,38,42)/t24?,25-,27?/m1/s1. The lowest BCUT2D eigenvalue weighted by Crippen LogP contribution is -2.64. The average molecular weight is 607 g/mol. The Hall–Kier alpha value is -4.74. The van der Waals surface area contributed by atoms with E-state index in [4.69, 9.17) is 10.00 Å². The number of rotatable bonds is 6. The minimum absolute atomic E-state index is 0.00756. The number of hydrogen-bond donors (Lipinski definition) is 2. The summed E-state index contributed by atoms with van der Waals surface area (Å²) in [7, 11) is 0. The summed E-state index contributed by atoms with van der Waals surface area (Å²) in [4.78, 5) is 39.6. The van der Waals surface area contributed by atoms with Crippen LogP contribution < -0.4 is 20.5 Å². The molecule has 6 rings (SSSR count). The number of carbonyl (C=O) groups is 2. The normalized spacial score (nSPS) is 22.2. The number of benzene rings is 1. The fraction of sp³-hybridized carbons (Fsp3) is 0.367. The van der Waals surface area contributed by atoms with E-state index in [1.165, 1.54) is 18.5 Å². The molecule has 0 spiro atoms. The SMILES string of the molecule is N#Cc1ccc(N2CCN(C(=O)c3cc(OC[C@@H]4c5ccccc5CN4C4CNNC(=O)C4C(F)(F)F)ccn3)CC2)nc1. The molecule has 2 amide bonds. The third-order valence-corrected chi connectivity index (χ3v) is 8.26. The monoisotopic (exact) mass is 606 g/mol. The molecule has 44 heavy (non-hydrogen) atoms. The van der Waals surface area contributed by atoms with Gasteiger partial charge >= 0.3 is 6.18 Å². The Labute approximate surface area is 251 Å². The van der Waals surface area contributed by atoms with Gasteiger partial charge in [0.2, 0.25) is 5.91 Å². The zero-order valence-electron chi connectivity index (χ0n) is 23.5. The Kier molecular flexibility index (Phi) is 8.07. The summed E-state index contributed by atoms with van der Waals surface area (Å²) in [5, 5.41) is 8.98. The Balaban J connectivity index is 1.13. The maximum Gasteiger partial charge on any atom is 0.402 e. The summed E-state index contributed by atoms with van der Waals surface area (Å²) in [5.41, 5.74) is 7.09. The van der Waals surface area contributed by atoms with Crippen molar-refractivity contribution < 1.29 is 27.5 Å². The van der Waals surface area contributed by atoms with E-state index in [2.05, 4.69) is 20.8 Å². The molecule has 3 aliphatic heterocycles. The van der Waals surface area contributed by atoms with E-state index in [0.29, 0.717) is 37.5 Å². The van der Waals surface area contributed by atoms with Crippen LogP contribution in [0.2, 0.25) is 0 Å². The van der Waals surface area contributed by atoms with Crippen LogP contribution in [0.3, 0.4) is 0 Å². The molecule has 3 atom stereocenters. The van der Waals surface area contributed by atoms with E-state index in [-0.39, 0.29) is 31.3 Å². The first kappa shape index (κ1) is 29.3. The van der Waals surface area contributed by atoms with Crippen molar-refractivity contribution in [1.82, 2.24) is 30.6 Å². The number of halogens is 3. The number of hydrogen-bond acceptors (Lipinski definition) is 9. The van der Waals surface area contributed by atoms with E-state index in [9.17, 15) is 22.8 Å². The molecule has 11 nitrogen and oxygen atoms in total. The Morgan fingerprint density at radius 1 is 1.09 bits per heavy atom. The van der Waals surface area contributed by atoms with Crippen LogP contribution in [0, 0.1) is 17.2 Å². The number of pyridine rings is 2. The summed E-state index contributed by atoms with van der Waals surface area (Å²) >= 11 is 0. The van der Waals surface area contributed by atoms with Crippen molar-refractivity contribution >= 4 is 17.6 Å². The fourth-order valence-electron chi connectivity index (χ4n) is 6.04. The maximum absolute atomic E-state index is 14.0. The molecule has 3 aliphatic rings. The number of alkyl halides is 3. The third kappa shape index (κ3) is 5.88. The number of carbonyl (C=O) groups excluding carboxylic acids is 2. The molecule has 2 N–H and O–H groups in total. The third-order valence-electron chi connectivity index (χ3n) is 8.26. The second kappa shape index (κ2) is 12.1. The van der Waals surface area contributed by atoms with Gasteiger partial charge in [-0.05, 0) is 29.3 Å². The van der Waals surface area contributed by atoms with Gasteiger partial charge in [-0.15, -0.1) is 0 Å². The number of ether oxygens (including phenoxy) is 1. The van der Waals surface area contributed by atoms with Crippen LogP contribution in [-0.2, 0) is 11.3 Å². The number of hydrazine groups is 1. The molecular formula is C30H29F3N8O3. The molecule has 2 aromatic heterocycles. The fourth-order valence-corrected chi connectivity index (χ4v) is 6.04. The topological polar surface area (TPSA) is 127 Å². The molecule has 0 aliphatic carbocycles. The number of nitriles is 1. The molecule has 0 radical (unpaired) electrons. The number of nitrogens with one attached hydrogen (secondary N) is 2. The summed E-state index contributed by atoms with van der Waals surface area (Å²) < 4.78 is 48.1. The largest absolute Gasteiger partial charge is 0.491 e. The van der Waals surface area contributed by atoms with E-state index < -0.39 is 30.1 Å². The lowest BCUT2D eigenvalue weighted by molar-refractivity contribution is -0.202. The van der Waals surface area contributed by atoms with Gasteiger partial charge in [0, 0.05) is 63.8 Å². The predicted molar refractivity (Wildman–Crippen MR) is 151 cm³/mol. The molecule has 14 heteroatoms. The van der Waals surface area contributed by atoms with Crippen LogP contribution in [0.25, 0.3) is 0 Å². The van der Waals surface area contributed by atoms with Crippen molar-refractivity contribution in [1.29, 1.82) is 5.26 Å². The highest BCUT2D eigenvalue weighted by Gasteiger charge is 2.55. The first-order chi connectivity index (χ1) is 21.2. The van der Waals surface area contributed by atoms with Crippen LogP contribution in [0.5, 0.6) is 5.75 Å². The Morgan fingerprint density at radius 3 is 2.61 bits per heavy atom. The zero-order valence-corrected chi connectivity index (χ0v) is 23.5. The van der Waals surface area contributed by atoms with Crippen molar-refractivity contribution in [3.63, 3.8) is 0 Å². The summed E-state index contributed by atoms with van der Waals surface area (Å²) in [5.74, 6) is -2.48. The van der Waals surface area contributed by atoms with Crippen LogP contribution in [0.15, 0.2) is 60.9 Å². The number of anilines is 1. The highest BCUT2D eigenvalue weighted by molar-refractivity contribution is 5.92. The molecule has 5 heterocycles. The smallest absolute Gasteiger partial charge is 0.402 e. The summed E-state index contributed by atoms with van der Waals surface area (Å²) in [6.07, 6.45) is -1.74. The van der Waals surface area contributed by atoms with E-state index in [1.807, 2.05) is 35.2 Å². The molecule has 2 unspecified atom stereocenters. The lowest BCUT2D eigenvalue weighted by Gasteiger charge is -2.40. The van der Waals surface area contributed by atoms with Crippen LogP contribution in [0.1, 0.15) is 33.2 Å². The van der Waals surface area contributed by atoms with Gasteiger partial charge in [-0.1, -0.05) is 24.3 Å². The van der Waals surface area contributed by atoms with E-state index in [0.717, 1.165) is 16.9 Å². The van der Waals surface area contributed by atoms with Crippen LogP contribution in [0.4, 0.5) is 19.0 Å². The number of aromatic nitrogens is 2. The Morgan fingerprint density at radius 2 is 1.89 bits per heavy atom. The molecule has 228 valence electrons. The zero-order chi connectivity index (χ0) is 30.8. The van der Waals surface area contributed by atoms with Gasteiger partial charge < -0.3 is 14.5 Å². The second-order valence-electron chi connectivity index (χ2n) is 10.8. The van der Waals surface area contributed by atoms with Gasteiger partial charge in [0.05, 0.1) is 11.6 Å². The van der Waals surface area contributed by atoms with Crippen LogP contribution in [-0.4, -0.2) is 83.1 Å². The first-order valence-corrected chi connectivity index (χ1v) is 14.1. The van der Waals surface area contributed by atoms with E-state index in [1.54, 1.807) is 28.0 Å². The number of piperazine rings is 1. The molecular weight excluding hydrogens is 577 g/mol. The number of nitrogens with zero attached hydrogens (tertiary/aromatic N) is 6. The highest BCUT2D eigenvalue weighted by Crippen LogP contribution is 2.41. The van der Waals surface area contributed by atoms with Crippen molar-refractivity contribution in [2.45, 2.75) is 24.8 Å². The van der Waals surface area contributed by atoms with Crippen LogP contribution >= 0.6 is 0 Å². The summed E-state index contributed by atoms with van der Waals surface area (Å²) in [6.45, 7) is 2.18. The van der Waals surface area contributed by atoms with Gasteiger partial charge in [-0.25, -0.2) is 10.4 Å². The highest BCUT2D eigenvalue weighted by atomic mass is 19.4. The van der Waals surface area contributed by atoms with Gasteiger partial charge in [0.1, 0.15) is 29.9 Å². The number of fused-ring (bicyclic) bond motifs is 1. The molecule has 2 fully saturated rings. The minimum atomic E-state index is -4.72. The molecule has 0 saturated carbocycles. The van der Waals surface area contributed by atoms with Gasteiger partial charge in [0.25, 0.3) is 5.91 Å². The molecule has 1 aromatic carbocycles. The van der Waals surface area contributed by atoms with Gasteiger partial charge in [-0.3, -0.25) is 24.9 Å². The van der Waals surface area contributed by atoms with Gasteiger partial charge in [0.15, 0.2) is 5.92 Å². The van der Waals surface area contributed by atoms with Crippen molar-refractivity contribution in [3.8, 4) is 11.8 Å². The lowest BCUT2D eigenvalue weighted by atomic mass is 9.94. The van der Waals surface area contributed by atoms with E-state index >= 15 is 0 Å². The second-order valence-corrected chi connectivity index (χ2v) is 10.8. The average Bonchev–Trinajstić information content (AvgIpc) is 3.41. The first-order valence-electron chi connectivity index (χ1n) is 14.1. The minimum Gasteiger partial charge on any atom is -0.491 e. The Bertz CT molecular complexity index is 1570. The van der Waals surface area contributed by atoms with Gasteiger partial charge in [-0.2, -0.15) is 18.4 Å². The predicted octanol–water partition coefficient (Wildman–Crippen LogP) is 2.43. The van der Waals surface area contributed by atoms with Crippen molar-refractivity contribution in [2.24, 2.45) is 5.92 Å². The van der Waals surface area contributed by atoms with Crippen molar-refractivity contribution in [3.05, 3.63) is 83.3 Å². The number of amides is 2. The molecule has 3 aromatic rings. The summed E-state index contributed by atoms with van der Waals surface area (Å²) in [6, 6.07) is 14.4. The maximum atomic E-state index is 14.0. The molecule has 0 bridgehead atoms. The quantitative estimate of drug-likeness (QED) is 0.435. The van der Waals surface area contributed by atoms with Crippen molar-refractivity contribution in [2.75, 3.05) is 44.2 Å².